The number of aromatic nitrogens is 1. The first-order chi connectivity index (χ1) is 19.0. The highest BCUT2D eigenvalue weighted by atomic mass is 32.1. The lowest BCUT2D eigenvalue weighted by atomic mass is 9.77. The predicted molar refractivity (Wildman–Crippen MR) is 167 cm³/mol. The van der Waals surface area contributed by atoms with Crippen molar-refractivity contribution in [2.75, 3.05) is 50.1 Å². The molecule has 0 spiro atoms. The van der Waals surface area contributed by atoms with Gasteiger partial charge in [0.1, 0.15) is 5.69 Å². The molecule has 1 atom stereocenters. The molecular weight excluding hydrogens is 500 g/mol. The molecule has 0 bridgehead atoms. The van der Waals surface area contributed by atoms with Crippen LogP contribution in [-0.2, 0) is 12.8 Å². The molecule has 1 aromatic carbocycles. The summed E-state index contributed by atoms with van der Waals surface area (Å²) in [7, 11) is 4.32. The molecule has 1 aliphatic carbocycles. The Kier molecular flexibility index (Phi) is 10.9. The van der Waals surface area contributed by atoms with Crippen molar-refractivity contribution >= 4 is 22.9 Å². The molecule has 0 amide bonds. The number of benzene rings is 1. The van der Waals surface area contributed by atoms with Crippen LogP contribution in [0.2, 0.25) is 0 Å². The molecule has 1 fully saturated rings. The molecule has 0 N–H and O–H groups in total. The van der Waals surface area contributed by atoms with Gasteiger partial charge >= 0.3 is 0 Å². The average Bonchev–Trinajstić information content (AvgIpc) is 3.58. The summed E-state index contributed by atoms with van der Waals surface area (Å²) in [5.74, 6) is 3.42. The van der Waals surface area contributed by atoms with E-state index in [0.717, 1.165) is 68.3 Å². The Hall–Kier alpha value is -2.31. The lowest BCUT2D eigenvalue weighted by Crippen LogP contribution is -2.31. The molecule has 0 aliphatic heterocycles. The van der Waals surface area contributed by atoms with Crippen molar-refractivity contribution in [3.05, 3.63) is 63.8 Å². The first-order valence-electron chi connectivity index (χ1n) is 15.2. The summed E-state index contributed by atoms with van der Waals surface area (Å²) in [6.07, 6.45) is 8.46. The minimum atomic E-state index is 0.234. The quantitative estimate of drug-likeness (QED) is 0.203. The van der Waals surface area contributed by atoms with Gasteiger partial charge in [-0.3, -0.25) is 4.90 Å². The molecular formula is C33H50N4OS. The van der Waals surface area contributed by atoms with Crippen LogP contribution in [0.4, 0.5) is 11.6 Å². The summed E-state index contributed by atoms with van der Waals surface area (Å²) < 4.78 is 6.72. The van der Waals surface area contributed by atoms with Crippen molar-refractivity contribution in [1.82, 2.24) is 9.88 Å². The van der Waals surface area contributed by atoms with Crippen LogP contribution < -0.4 is 9.80 Å². The normalized spacial score (nSPS) is 18.4. The Labute approximate surface area is 241 Å². The summed E-state index contributed by atoms with van der Waals surface area (Å²) in [6, 6.07) is 13.2. The number of nitrogens with zero attached hydrogens (tertiary/aromatic N) is 4. The van der Waals surface area contributed by atoms with Gasteiger partial charge in [0.15, 0.2) is 0 Å². The third-order valence-corrected chi connectivity index (χ3v) is 9.63. The first kappa shape index (κ1) is 29.7. The van der Waals surface area contributed by atoms with Gasteiger partial charge in [-0.1, -0.05) is 57.0 Å². The molecule has 0 saturated heterocycles. The van der Waals surface area contributed by atoms with E-state index in [9.17, 15) is 0 Å². The van der Waals surface area contributed by atoms with Gasteiger partial charge in [-0.25, -0.2) is 4.98 Å². The second-order valence-corrected chi connectivity index (χ2v) is 12.3. The van der Waals surface area contributed by atoms with E-state index in [1.54, 1.807) is 4.88 Å². The molecule has 2 heterocycles. The van der Waals surface area contributed by atoms with Crippen molar-refractivity contribution in [1.29, 1.82) is 0 Å². The second-order valence-electron chi connectivity index (χ2n) is 11.3. The Morgan fingerprint density at radius 2 is 1.56 bits per heavy atom. The van der Waals surface area contributed by atoms with Gasteiger partial charge in [0, 0.05) is 38.5 Å². The highest BCUT2D eigenvalue weighted by Gasteiger charge is 2.31. The molecule has 214 valence electrons. The zero-order valence-electron chi connectivity index (χ0n) is 25.2. The van der Waals surface area contributed by atoms with Gasteiger partial charge in [-0.15, -0.1) is 11.3 Å². The highest BCUT2D eigenvalue weighted by molar-refractivity contribution is 7.10. The van der Waals surface area contributed by atoms with Crippen LogP contribution in [0, 0.1) is 11.8 Å². The van der Waals surface area contributed by atoms with E-state index < -0.39 is 0 Å². The smallest absolute Gasteiger partial charge is 0.219 e. The summed E-state index contributed by atoms with van der Waals surface area (Å²) in [6.45, 7) is 12.8. The van der Waals surface area contributed by atoms with Crippen LogP contribution in [0.15, 0.2) is 46.2 Å². The minimum absolute atomic E-state index is 0.234. The maximum absolute atomic E-state index is 6.72. The standard InChI is InChI=1S/C33H50N4OS/c1-7-36(8-2)30(23-26-16-18-27(19-17-26)24-31-29(35(5)6)20-21-39-31)32-34-28(22-25-14-12-11-13-15-25)33(38-32)37(9-3)10-4/h11-15,20-21,26-27,30H,7-10,16-19,22-24H2,1-6H3. The van der Waals surface area contributed by atoms with Crippen molar-refractivity contribution in [2.45, 2.75) is 78.7 Å². The summed E-state index contributed by atoms with van der Waals surface area (Å²) >= 11 is 1.93. The molecule has 39 heavy (non-hydrogen) atoms. The molecule has 3 aromatic rings. The third-order valence-electron chi connectivity index (χ3n) is 8.70. The topological polar surface area (TPSA) is 35.8 Å². The molecule has 1 saturated carbocycles. The van der Waals surface area contributed by atoms with Crippen molar-refractivity contribution in [3.63, 3.8) is 0 Å². The van der Waals surface area contributed by atoms with E-state index in [4.69, 9.17) is 9.40 Å². The molecule has 1 unspecified atom stereocenters. The fourth-order valence-corrected chi connectivity index (χ4v) is 7.44. The first-order valence-corrected chi connectivity index (χ1v) is 16.1. The lowest BCUT2D eigenvalue weighted by molar-refractivity contribution is 0.137. The molecule has 1 aliphatic rings. The van der Waals surface area contributed by atoms with Gasteiger partial charge in [0.2, 0.25) is 11.8 Å². The van der Waals surface area contributed by atoms with Crippen molar-refractivity contribution in [3.8, 4) is 0 Å². The molecule has 5 nitrogen and oxygen atoms in total. The zero-order chi connectivity index (χ0) is 27.8. The van der Waals surface area contributed by atoms with Gasteiger partial charge in [0.25, 0.3) is 0 Å². The van der Waals surface area contributed by atoms with Crippen molar-refractivity contribution < 1.29 is 4.42 Å². The molecule has 0 radical (unpaired) electrons. The Morgan fingerprint density at radius 3 is 2.18 bits per heavy atom. The Bertz CT molecular complexity index is 1110. The number of hydrogen-bond donors (Lipinski definition) is 0. The molecule has 4 rings (SSSR count). The number of rotatable bonds is 14. The van der Waals surface area contributed by atoms with E-state index in [2.05, 4.69) is 98.3 Å². The summed E-state index contributed by atoms with van der Waals surface area (Å²) in [5.41, 5.74) is 3.77. The van der Waals surface area contributed by atoms with Crippen LogP contribution in [0.25, 0.3) is 0 Å². The van der Waals surface area contributed by atoms with Crippen LogP contribution in [0.1, 0.15) is 87.9 Å². The van der Waals surface area contributed by atoms with Gasteiger partial charge in [0.05, 0.1) is 11.7 Å². The predicted octanol–water partition coefficient (Wildman–Crippen LogP) is 8.06. The average molecular weight is 551 g/mol. The SMILES string of the molecule is CCN(CC)c1oc(C(CC2CCC(Cc3sccc3N(C)C)CC2)N(CC)CC)nc1Cc1ccccc1. The summed E-state index contributed by atoms with van der Waals surface area (Å²) in [4.78, 5) is 13.9. The van der Waals surface area contributed by atoms with E-state index in [1.807, 2.05) is 11.3 Å². The number of thiophene rings is 1. The maximum atomic E-state index is 6.72. The van der Waals surface area contributed by atoms with Gasteiger partial charge < -0.3 is 14.2 Å². The number of hydrogen-bond acceptors (Lipinski definition) is 6. The fourth-order valence-electron chi connectivity index (χ4n) is 6.37. The van der Waals surface area contributed by atoms with Crippen molar-refractivity contribution in [2.24, 2.45) is 11.8 Å². The molecule has 6 heteroatoms. The minimum Gasteiger partial charge on any atom is -0.423 e. The van der Waals surface area contributed by atoms with E-state index >= 15 is 0 Å². The number of anilines is 2. The van der Waals surface area contributed by atoms with Gasteiger partial charge in [-0.2, -0.15) is 0 Å². The second kappa shape index (κ2) is 14.4. The Morgan fingerprint density at radius 1 is 0.897 bits per heavy atom. The van der Waals surface area contributed by atoms with Crippen LogP contribution in [-0.4, -0.2) is 50.2 Å². The van der Waals surface area contributed by atoms with Crippen LogP contribution >= 0.6 is 11.3 Å². The van der Waals surface area contributed by atoms with E-state index in [0.29, 0.717) is 0 Å². The van der Waals surface area contributed by atoms with E-state index in [-0.39, 0.29) is 6.04 Å². The maximum Gasteiger partial charge on any atom is 0.219 e. The highest BCUT2D eigenvalue weighted by Crippen LogP contribution is 2.40. The fraction of sp³-hybridized carbons (Fsp3) is 0.606. The zero-order valence-corrected chi connectivity index (χ0v) is 26.0. The van der Waals surface area contributed by atoms with Gasteiger partial charge in [-0.05, 0) is 81.5 Å². The third kappa shape index (κ3) is 7.46. The lowest BCUT2D eigenvalue weighted by Gasteiger charge is -2.34. The number of oxazole rings is 1. The largest absolute Gasteiger partial charge is 0.423 e. The Balaban J connectivity index is 1.50. The molecule has 2 aromatic heterocycles. The van der Waals surface area contributed by atoms with Crippen LogP contribution in [0.3, 0.4) is 0 Å². The van der Waals surface area contributed by atoms with E-state index in [1.165, 1.54) is 43.4 Å². The monoisotopic (exact) mass is 550 g/mol. The van der Waals surface area contributed by atoms with Crippen LogP contribution in [0.5, 0.6) is 0 Å². The summed E-state index contributed by atoms with van der Waals surface area (Å²) in [5, 5.41) is 2.25.